The topological polar surface area (TPSA) is 89.3 Å². The van der Waals surface area contributed by atoms with Crippen molar-refractivity contribution in [2.75, 3.05) is 6.61 Å². The Morgan fingerprint density at radius 2 is 1.97 bits per heavy atom. The highest BCUT2D eigenvalue weighted by Gasteiger charge is 2.28. The van der Waals surface area contributed by atoms with Crippen LogP contribution < -0.4 is 11.1 Å². The number of aromatic nitrogens is 4. The molecule has 1 aromatic carbocycles. The lowest BCUT2D eigenvalue weighted by atomic mass is 9.88. The highest BCUT2D eigenvalue weighted by atomic mass is 35.5. The summed E-state index contributed by atoms with van der Waals surface area (Å²) < 4.78 is 22.2. The lowest BCUT2D eigenvalue weighted by molar-refractivity contribution is 0.00439. The van der Waals surface area contributed by atoms with E-state index in [1.165, 1.54) is 16.6 Å². The Morgan fingerprint density at radius 1 is 1.15 bits per heavy atom. The lowest BCUT2D eigenvalue weighted by Crippen LogP contribution is -2.26. The van der Waals surface area contributed by atoms with Crippen molar-refractivity contribution >= 4 is 17.2 Å². The van der Waals surface area contributed by atoms with Crippen LogP contribution in [0.5, 0.6) is 0 Å². The van der Waals surface area contributed by atoms with Crippen molar-refractivity contribution in [1.29, 1.82) is 0 Å². The van der Waals surface area contributed by atoms with Gasteiger partial charge in [-0.05, 0) is 62.6 Å². The summed E-state index contributed by atoms with van der Waals surface area (Å²) >= 11 is 5.97. The first kappa shape index (κ1) is 22.4. The molecule has 9 heteroatoms. The van der Waals surface area contributed by atoms with Gasteiger partial charge < -0.3 is 9.72 Å². The maximum atomic E-state index is 15.0. The molecule has 0 aliphatic carbocycles. The molecule has 0 bridgehead atoms. The number of hydrogen-bond donors (Lipinski definition) is 1. The van der Waals surface area contributed by atoms with Crippen LogP contribution in [-0.2, 0) is 4.74 Å². The summed E-state index contributed by atoms with van der Waals surface area (Å²) in [5.41, 5.74) is 3.03. The Kier molecular flexibility index (Phi) is 5.79. The van der Waals surface area contributed by atoms with Gasteiger partial charge in [-0.1, -0.05) is 11.6 Å². The molecular formula is C25H22ClFN4O3. The smallest absolute Gasteiger partial charge is 0.277 e. The Balaban J connectivity index is 1.67. The number of rotatable bonds is 3. The lowest BCUT2D eigenvalue weighted by Gasteiger charge is -2.29. The summed E-state index contributed by atoms with van der Waals surface area (Å²) in [6, 6.07) is 9.57. The summed E-state index contributed by atoms with van der Waals surface area (Å²) in [5.74, 6) is -0.572. The molecule has 1 aliphatic rings. The fourth-order valence-electron chi connectivity index (χ4n) is 4.39. The molecule has 34 heavy (non-hydrogen) atoms. The van der Waals surface area contributed by atoms with Crippen LogP contribution in [0.1, 0.15) is 47.4 Å². The van der Waals surface area contributed by atoms with Crippen LogP contribution in [0.4, 0.5) is 4.39 Å². The second kappa shape index (κ2) is 8.77. The van der Waals surface area contributed by atoms with Crippen LogP contribution in [-0.4, -0.2) is 26.2 Å². The van der Waals surface area contributed by atoms with Crippen molar-refractivity contribution in [2.45, 2.75) is 38.7 Å². The third kappa shape index (κ3) is 4.03. The largest absolute Gasteiger partial charge is 0.373 e. The number of nitrogens with one attached hydrogen (secondary N) is 1. The summed E-state index contributed by atoms with van der Waals surface area (Å²) in [5, 5.41) is 4.93. The molecule has 0 saturated carbocycles. The molecule has 0 radical (unpaired) electrons. The van der Waals surface area contributed by atoms with Crippen LogP contribution in [0.25, 0.3) is 16.8 Å². The molecule has 5 rings (SSSR count). The van der Waals surface area contributed by atoms with E-state index in [-0.39, 0.29) is 33.8 Å². The average molecular weight is 481 g/mol. The Labute approximate surface area is 199 Å². The Morgan fingerprint density at radius 3 is 2.74 bits per heavy atom. The second-order valence-electron chi connectivity index (χ2n) is 8.54. The molecule has 1 saturated heterocycles. The minimum Gasteiger partial charge on any atom is -0.373 e. The minimum absolute atomic E-state index is 0.0648. The molecule has 174 valence electrons. The van der Waals surface area contributed by atoms with Crippen molar-refractivity contribution in [3.05, 3.63) is 96.7 Å². The zero-order valence-electron chi connectivity index (χ0n) is 18.6. The number of aromatic amines is 1. The van der Waals surface area contributed by atoms with E-state index in [4.69, 9.17) is 16.3 Å². The molecule has 0 amide bonds. The Hall–Kier alpha value is -3.36. The number of benzene rings is 1. The standard InChI is InChI=1S/C25H22ClFN4O3/c1-13-14(2)29-24-19(18-4-3-17(26)11-20(18)27)12-21(30-31(24)25(13)33)15-6-8-34-22(9-15)16-5-7-28-23(32)10-16/h3-5,7,10-12,15,22H,6,8-9H2,1-2H3,(H,28,32)/t15-,22+/m0/s1. The number of fused-ring (bicyclic) bond motifs is 1. The maximum absolute atomic E-state index is 15.0. The number of nitrogens with zero attached hydrogens (tertiary/aromatic N) is 3. The van der Waals surface area contributed by atoms with E-state index in [9.17, 15) is 14.0 Å². The molecule has 2 atom stereocenters. The predicted molar refractivity (Wildman–Crippen MR) is 127 cm³/mol. The number of hydrogen-bond acceptors (Lipinski definition) is 5. The normalized spacial score (nSPS) is 18.4. The predicted octanol–water partition coefficient (Wildman–Crippen LogP) is 4.49. The van der Waals surface area contributed by atoms with Gasteiger partial charge in [-0.15, -0.1) is 0 Å². The molecule has 7 nitrogen and oxygen atoms in total. The van der Waals surface area contributed by atoms with Gasteiger partial charge in [0.25, 0.3) is 5.56 Å². The highest BCUT2D eigenvalue weighted by molar-refractivity contribution is 6.30. The molecule has 1 N–H and O–H groups in total. The number of pyridine rings is 1. The van der Waals surface area contributed by atoms with E-state index in [1.54, 1.807) is 38.2 Å². The van der Waals surface area contributed by atoms with Crippen LogP contribution in [0.2, 0.25) is 5.02 Å². The molecule has 0 spiro atoms. The molecule has 4 aromatic rings. The molecule has 1 aliphatic heterocycles. The highest BCUT2D eigenvalue weighted by Crippen LogP contribution is 2.38. The van der Waals surface area contributed by atoms with Gasteiger partial charge in [0.05, 0.1) is 11.8 Å². The van der Waals surface area contributed by atoms with Gasteiger partial charge in [-0.25, -0.2) is 9.37 Å². The minimum atomic E-state index is -0.507. The zero-order chi connectivity index (χ0) is 24.0. The monoisotopic (exact) mass is 480 g/mol. The van der Waals surface area contributed by atoms with E-state index in [2.05, 4.69) is 15.1 Å². The number of H-pyrrole nitrogens is 1. The van der Waals surface area contributed by atoms with Crippen molar-refractivity contribution in [2.24, 2.45) is 0 Å². The summed E-state index contributed by atoms with van der Waals surface area (Å²) in [6.07, 6.45) is 2.55. The van der Waals surface area contributed by atoms with Crippen molar-refractivity contribution in [3.63, 3.8) is 0 Å². The first-order chi connectivity index (χ1) is 16.3. The summed E-state index contributed by atoms with van der Waals surface area (Å²) in [4.78, 5) is 32.1. The SMILES string of the molecule is Cc1nc2c(-c3ccc(Cl)cc3F)cc([C@H]3CCO[C@@H](c4cc[nH]c(=O)c4)C3)nn2c(=O)c1C. The van der Waals surface area contributed by atoms with Crippen molar-refractivity contribution in [1.82, 2.24) is 19.6 Å². The zero-order valence-corrected chi connectivity index (χ0v) is 19.4. The van der Waals surface area contributed by atoms with E-state index in [0.29, 0.717) is 47.5 Å². The van der Waals surface area contributed by atoms with Gasteiger partial charge in [0.1, 0.15) is 5.82 Å². The van der Waals surface area contributed by atoms with Crippen LogP contribution >= 0.6 is 11.6 Å². The fourth-order valence-corrected chi connectivity index (χ4v) is 4.55. The first-order valence-corrected chi connectivity index (χ1v) is 11.4. The van der Waals surface area contributed by atoms with Crippen LogP contribution in [0, 0.1) is 19.7 Å². The average Bonchev–Trinajstić information content (AvgIpc) is 2.82. The van der Waals surface area contributed by atoms with Gasteiger partial charge in [0, 0.05) is 52.2 Å². The summed E-state index contributed by atoms with van der Waals surface area (Å²) in [7, 11) is 0. The molecule has 3 aromatic heterocycles. The fraction of sp³-hybridized carbons (Fsp3) is 0.280. The molecular weight excluding hydrogens is 459 g/mol. The van der Waals surface area contributed by atoms with Gasteiger partial charge in [0.15, 0.2) is 5.65 Å². The van der Waals surface area contributed by atoms with Crippen molar-refractivity contribution < 1.29 is 9.13 Å². The quantitative estimate of drug-likeness (QED) is 0.466. The second-order valence-corrected chi connectivity index (χ2v) is 8.97. The molecule has 0 unspecified atom stereocenters. The van der Waals surface area contributed by atoms with Gasteiger partial charge in [-0.3, -0.25) is 9.59 Å². The van der Waals surface area contributed by atoms with Gasteiger partial charge >= 0.3 is 0 Å². The van der Waals surface area contributed by atoms with Crippen LogP contribution in [0.15, 0.2) is 52.2 Å². The number of aryl methyl sites for hydroxylation is 1. The number of halogens is 2. The van der Waals surface area contributed by atoms with Crippen LogP contribution in [0.3, 0.4) is 0 Å². The Bertz CT molecular complexity index is 1530. The van der Waals surface area contributed by atoms with Gasteiger partial charge in [-0.2, -0.15) is 9.61 Å². The molecule has 1 fully saturated rings. The summed E-state index contributed by atoms with van der Waals surface area (Å²) in [6.45, 7) is 3.91. The first-order valence-electron chi connectivity index (χ1n) is 11.0. The van der Waals surface area contributed by atoms with E-state index in [1.807, 2.05) is 6.07 Å². The van der Waals surface area contributed by atoms with Crippen molar-refractivity contribution in [3.8, 4) is 11.1 Å². The third-order valence-electron chi connectivity index (χ3n) is 6.37. The van der Waals surface area contributed by atoms with Gasteiger partial charge in [0.2, 0.25) is 5.56 Å². The molecule has 4 heterocycles. The third-order valence-corrected chi connectivity index (χ3v) is 6.61. The maximum Gasteiger partial charge on any atom is 0.277 e. The van der Waals surface area contributed by atoms with E-state index < -0.39 is 5.82 Å². The number of ether oxygens (including phenoxy) is 1. The van der Waals surface area contributed by atoms with E-state index >= 15 is 0 Å². The van der Waals surface area contributed by atoms with E-state index in [0.717, 1.165) is 5.56 Å².